The number of pyridine rings is 1. The summed E-state index contributed by atoms with van der Waals surface area (Å²) in [6, 6.07) is 8.23. The zero-order chi connectivity index (χ0) is 10.1. The minimum atomic E-state index is 0.935. The first kappa shape index (κ1) is 9.46. The smallest absolute Gasteiger partial charge is 0.129 e. The van der Waals surface area contributed by atoms with E-state index in [0.717, 1.165) is 26.8 Å². The van der Waals surface area contributed by atoms with Crippen LogP contribution in [0.25, 0.3) is 10.9 Å². The predicted molar refractivity (Wildman–Crippen MR) is 63.7 cm³/mol. The first-order valence-corrected chi connectivity index (χ1v) is 5.25. The summed E-state index contributed by atoms with van der Waals surface area (Å²) in [6.45, 7) is 2.05. The topological polar surface area (TPSA) is 24.9 Å². The number of aromatic nitrogens is 1. The highest BCUT2D eigenvalue weighted by Crippen LogP contribution is 2.25. The molecule has 2 rings (SSSR count). The lowest BCUT2D eigenvalue weighted by molar-refractivity contribution is 1.28. The van der Waals surface area contributed by atoms with Crippen molar-refractivity contribution in [2.45, 2.75) is 6.92 Å². The molecule has 3 heteroatoms. The van der Waals surface area contributed by atoms with E-state index in [1.165, 1.54) is 0 Å². The molecule has 2 nitrogen and oxygen atoms in total. The van der Waals surface area contributed by atoms with Gasteiger partial charge in [-0.1, -0.05) is 12.1 Å². The fourth-order valence-electron chi connectivity index (χ4n) is 1.52. The average molecular weight is 251 g/mol. The van der Waals surface area contributed by atoms with Gasteiger partial charge in [-0.2, -0.15) is 0 Å². The van der Waals surface area contributed by atoms with Gasteiger partial charge in [0.25, 0.3) is 0 Å². The highest BCUT2D eigenvalue weighted by Gasteiger charge is 2.03. The molecule has 0 saturated heterocycles. The van der Waals surface area contributed by atoms with E-state index in [9.17, 15) is 0 Å². The molecule has 0 aliphatic heterocycles. The Bertz CT molecular complexity index is 480. The van der Waals surface area contributed by atoms with E-state index in [4.69, 9.17) is 0 Å². The summed E-state index contributed by atoms with van der Waals surface area (Å²) >= 11 is 3.49. The monoisotopic (exact) mass is 250 g/mol. The summed E-state index contributed by atoms with van der Waals surface area (Å²) in [5.74, 6) is 0.935. The zero-order valence-corrected chi connectivity index (χ0v) is 9.72. The van der Waals surface area contributed by atoms with Gasteiger partial charge < -0.3 is 5.32 Å². The van der Waals surface area contributed by atoms with E-state index in [2.05, 4.69) is 45.3 Å². The van der Waals surface area contributed by atoms with Crippen molar-refractivity contribution >= 4 is 32.7 Å². The third-order valence-electron chi connectivity index (χ3n) is 2.22. The summed E-state index contributed by atoms with van der Waals surface area (Å²) < 4.78 is 1.03. The van der Waals surface area contributed by atoms with E-state index in [-0.39, 0.29) is 0 Å². The summed E-state index contributed by atoms with van der Waals surface area (Å²) in [5, 5.41) is 4.25. The molecular formula is C11H11BrN2. The van der Waals surface area contributed by atoms with Crippen molar-refractivity contribution in [1.82, 2.24) is 4.98 Å². The van der Waals surface area contributed by atoms with Crippen molar-refractivity contribution in [3.05, 3.63) is 34.3 Å². The molecule has 0 atom stereocenters. The maximum atomic E-state index is 4.53. The molecule has 0 saturated carbocycles. The molecule has 0 radical (unpaired) electrons. The summed E-state index contributed by atoms with van der Waals surface area (Å²) in [4.78, 5) is 4.53. The third-order valence-corrected chi connectivity index (χ3v) is 2.86. The minimum absolute atomic E-state index is 0.935. The Labute approximate surface area is 91.5 Å². The van der Waals surface area contributed by atoms with Crippen LogP contribution >= 0.6 is 15.9 Å². The predicted octanol–water partition coefficient (Wildman–Crippen LogP) is 3.35. The molecule has 0 unspecified atom stereocenters. The van der Waals surface area contributed by atoms with Crippen LogP contribution in [0.1, 0.15) is 5.56 Å². The van der Waals surface area contributed by atoms with Crippen molar-refractivity contribution in [1.29, 1.82) is 0 Å². The van der Waals surface area contributed by atoms with E-state index in [0.29, 0.717) is 0 Å². The Morgan fingerprint density at radius 1 is 1.36 bits per heavy atom. The Kier molecular flexibility index (Phi) is 2.42. The lowest BCUT2D eigenvalue weighted by Crippen LogP contribution is -1.96. The van der Waals surface area contributed by atoms with Crippen molar-refractivity contribution in [3.63, 3.8) is 0 Å². The Morgan fingerprint density at radius 2 is 2.14 bits per heavy atom. The van der Waals surface area contributed by atoms with E-state index in [1.54, 1.807) is 0 Å². The highest BCUT2D eigenvalue weighted by molar-refractivity contribution is 9.10. The molecule has 72 valence electrons. The largest absolute Gasteiger partial charge is 0.373 e. The van der Waals surface area contributed by atoms with Crippen LogP contribution in [0.15, 0.2) is 28.7 Å². The van der Waals surface area contributed by atoms with Crippen LogP contribution in [0.4, 0.5) is 5.82 Å². The number of nitrogens with zero attached hydrogens (tertiary/aromatic N) is 1. The number of aryl methyl sites for hydroxylation is 1. The maximum Gasteiger partial charge on any atom is 0.129 e. The molecule has 1 aromatic heterocycles. The molecule has 1 aromatic carbocycles. The summed E-state index contributed by atoms with van der Waals surface area (Å²) in [6.07, 6.45) is 0. The molecule has 1 heterocycles. The van der Waals surface area contributed by atoms with Crippen LogP contribution in [-0.2, 0) is 0 Å². The quantitative estimate of drug-likeness (QED) is 0.840. The molecule has 14 heavy (non-hydrogen) atoms. The van der Waals surface area contributed by atoms with Gasteiger partial charge in [0.1, 0.15) is 5.82 Å². The van der Waals surface area contributed by atoms with Gasteiger partial charge in [-0.3, -0.25) is 0 Å². The molecule has 2 aromatic rings. The van der Waals surface area contributed by atoms with E-state index < -0.39 is 0 Å². The van der Waals surface area contributed by atoms with Crippen LogP contribution in [0.3, 0.4) is 0 Å². The third kappa shape index (κ3) is 1.48. The number of para-hydroxylation sites is 1. The van der Waals surface area contributed by atoms with Gasteiger partial charge in [-0.15, -0.1) is 0 Å². The van der Waals surface area contributed by atoms with Gasteiger partial charge in [0.05, 0.1) is 5.52 Å². The SMILES string of the molecule is CNc1nc2c(Br)cccc2cc1C. The summed E-state index contributed by atoms with van der Waals surface area (Å²) in [7, 11) is 1.89. The van der Waals surface area contributed by atoms with Gasteiger partial charge in [-0.05, 0) is 40.5 Å². The van der Waals surface area contributed by atoms with Crippen molar-refractivity contribution in [2.24, 2.45) is 0 Å². The first-order chi connectivity index (χ1) is 6.72. The Balaban J connectivity index is 2.80. The van der Waals surface area contributed by atoms with Gasteiger partial charge in [0.2, 0.25) is 0 Å². The lowest BCUT2D eigenvalue weighted by Gasteiger charge is -2.07. The van der Waals surface area contributed by atoms with Crippen LogP contribution in [0.5, 0.6) is 0 Å². The number of hydrogen-bond acceptors (Lipinski definition) is 2. The van der Waals surface area contributed by atoms with Gasteiger partial charge in [0.15, 0.2) is 0 Å². The normalized spacial score (nSPS) is 10.5. The molecule has 0 aliphatic carbocycles. The van der Waals surface area contributed by atoms with Gasteiger partial charge >= 0.3 is 0 Å². The number of benzene rings is 1. The van der Waals surface area contributed by atoms with Crippen LogP contribution in [0, 0.1) is 6.92 Å². The van der Waals surface area contributed by atoms with Crippen molar-refractivity contribution in [3.8, 4) is 0 Å². The molecule has 0 fully saturated rings. The van der Waals surface area contributed by atoms with Crippen LogP contribution in [0.2, 0.25) is 0 Å². The number of fused-ring (bicyclic) bond motifs is 1. The molecule has 0 aliphatic rings. The van der Waals surface area contributed by atoms with Gasteiger partial charge in [-0.25, -0.2) is 4.98 Å². The van der Waals surface area contributed by atoms with Gasteiger partial charge in [0, 0.05) is 16.9 Å². The number of rotatable bonds is 1. The first-order valence-electron chi connectivity index (χ1n) is 4.46. The standard InChI is InChI=1S/C11H11BrN2/c1-7-6-8-4-3-5-9(12)10(8)14-11(7)13-2/h3-6H,1-2H3,(H,13,14). The molecule has 0 amide bonds. The maximum absolute atomic E-state index is 4.53. The van der Waals surface area contributed by atoms with E-state index in [1.807, 2.05) is 19.2 Å². The second-order valence-electron chi connectivity index (χ2n) is 3.22. The lowest BCUT2D eigenvalue weighted by atomic mass is 10.1. The highest BCUT2D eigenvalue weighted by atomic mass is 79.9. The molecule has 1 N–H and O–H groups in total. The fourth-order valence-corrected chi connectivity index (χ4v) is 1.99. The van der Waals surface area contributed by atoms with Crippen molar-refractivity contribution < 1.29 is 0 Å². The number of hydrogen-bond donors (Lipinski definition) is 1. The fraction of sp³-hybridized carbons (Fsp3) is 0.182. The van der Waals surface area contributed by atoms with E-state index >= 15 is 0 Å². The molecule has 0 spiro atoms. The minimum Gasteiger partial charge on any atom is -0.373 e. The second kappa shape index (κ2) is 3.58. The molecule has 0 bridgehead atoms. The Morgan fingerprint density at radius 3 is 2.86 bits per heavy atom. The van der Waals surface area contributed by atoms with Crippen molar-refractivity contribution in [2.75, 3.05) is 12.4 Å². The zero-order valence-electron chi connectivity index (χ0n) is 8.13. The number of anilines is 1. The second-order valence-corrected chi connectivity index (χ2v) is 4.07. The number of nitrogens with one attached hydrogen (secondary N) is 1. The molecular weight excluding hydrogens is 240 g/mol. The van der Waals surface area contributed by atoms with Crippen LogP contribution in [-0.4, -0.2) is 12.0 Å². The average Bonchev–Trinajstić information content (AvgIpc) is 2.17. The Hall–Kier alpha value is -1.09. The number of halogens is 1. The summed E-state index contributed by atoms with van der Waals surface area (Å²) in [5.41, 5.74) is 2.17. The van der Waals surface area contributed by atoms with Crippen LogP contribution < -0.4 is 5.32 Å².